The summed E-state index contributed by atoms with van der Waals surface area (Å²) in [5.74, 6) is 0.324. The predicted octanol–water partition coefficient (Wildman–Crippen LogP) is 3.99. The van der Waals surface area contributed by atoms with Gasteiger partial charge in [0.05, 0.1) is 6.07 Å². The Balaban J connectivity index is 2.84. The van der Waals surface area contributed by atoms with Gasteiger partial charge in [-0.05, 0) is 24.0 Å². The van der Waals surface area contributed by atoms with E-state index in [1.54, 1.807) is 0 Å². The van der Waals surface area contributed by atoms with Crippen molar-refractivity contribution >= 4 is 11.8 Å². The molecule has 1 atom stereocenters. The molecule has 1 aromatic heterocycles. The fourth-order valence-corrected chi connectivity index (χ4v) is 2.47. The summed E-state index contributed by atoms with van der Waals surface area (Å²) in [6, 6.07) is 4.41. The first-order valence-corrected chi connectivity index (χ1v) is 6.53. The molecule has 0 bridgehead atoms. The molecule has 1 rings (SSSR count). The highest BCUT2D eigenvalue weighted by Gasteiger charge is 2.10. The van der Waals surface area contributed by atoms with Crippen LogP contribution in [0.1, 0.15) is 45.1 Å². The van der Waals surface area contributed by atoms with E-state index in [9.17, 15) is 0 Å². The van der Waals surface area contributed by atoms with Crippen LogP contribution in [0.3, 0.4) is 0 Å². The highest BCUT2D eigenvalue weighted by atomic mass is 32.2. The van der Waals surface area contributed by atoms with Crippen LogP contribution in [0.2, 0.25) is 0 Å². The molecule has 1 aromatic rings. The van der Waals surface area contributed by atoms with Crippen molar-refractivity contribution in [2.24, 2.45) is 0 Å². The van der Waals surface area contributed by atoms with Crippen LogP contribution in [-0.2, 0) is 0 Å². The first kappa shape index (κ1) is 13.1. The van der Waals surface area contributed by atoms with E-state index in [0.717, 1.165) is 6.42 Å². The smallest absolute Gasteiger partial charge is 0.0628 e. The summed E-state index contributed by atoms with van der Waals surface area (Å²) in [5.41, 5.74) is 1.19. The summed E-state index contributed by atoms with van der Waals surface area (Å²) in [7, 11) is 0. The summed E-state index contributed by atoms with van der Waals surface area (Å²) >= 11 is 1.81. The molecule has 3 heteroatoms. The van der Waals surface area contributed by atoms with Crippen LogP contribution >= 0.6 is 11.8 Å². The summed E-state index contributed by atoms with van der Waals surface area (Å²) in [4.78, 5) is 5.46. The summed E-state index contributed by atoms with van der Waals surface area (Å²) in [6.45, 7) is 6.46. The van der Waals surface area contributed by atoms with E-state index >= 15 is 0 Å². The molecule has 0 aliphatic carbocycles. The average Bonchev–Trinajstić information content (AvgIpc) is 2.25. The molecule has 1 unspecified atom stereocenters. The third-order valence-corrected chi connectivity index (χ3v) is 3.37. The molecular weight excluding hydrogens is 216 g/mol. The van der Waals surface area contributed by atoms with Gasteiger partial charge < -0.3 is 0 Å². The SMILES string of the molecule is CCC(CC#N)c1cncc(SC(C)C)c1. The molecule has 0 aliphatic heterocycles. The van der Waals surface area contributed by atoms with E-state index in [4.69, 9.17) is 5.26 Å². The van der Waals surface area contributed by atoms with Crippen molar-refractivity contribution in [3.63, 3.8) is 0 Å². The van der Waals surface area contributed by atoms with E-state index in [0.29, 0.717) is 17.6 Å². The van der Waals surface area contributed by atoms with Crippen molar-refractivity contribution in [2.75, 3.05) is 0 Å². The van der Waals surface area contributed by atoms with Crippen LogP contribution in [0.4, 0.5) is 0 Å². The number of nitriles is 1. The van der Waals surface area contributed by atoms with Gasteiger partial charge in [0.1, 0.15) is 0 Å². The van der Waals surface area contributed by atoms with E-state index in [1.165, 1.54) is 10.5 Å². The molecule has 0 radical (unpaired) electrons. The van der Waals surface area contributed by atoms with Gasteiger partial charge in [-0.15, -0.1) is 11.8 Å². The largest absolute Gasteiger partial charge is 0.263 e. The Morgan fingerprint density at radius 3 is 2.75 bits per heavy atom. The van der Waals surface area contributed by atoms with Gasteiger partial charge in [-0.1, -0.05) is 20.8 Å². The molecule has 2 nitrogen and oxygen atoms in total. The Bertz CT molecular complexity index is 368. The van der Waals surface area contributed by atoms with Gasteiger partial charge >= 0.3 is 0 Å². The molecule has 0 N–H and O–H groups in total. The topological polar surface area (TPSA) is 36.7 Å². The van der Waals surface area contributed by atoms with Gasteiger partial charge in [0.2, 0.25) is 0 Å². The number of hydrogen-bond donors (Lipinski definition) is 0. The second-order valence-corrected chi connectivity index (χ2v) is 5.74. The second kappa shape index (κ2) is 6.55. The minimum absolute atomic E-state index is 0.324. The molecule has 0 saturated heterocycles. The quantitative estimate of drug-likeness (QED) is 0.723. The Morgan fingerprint density at radius 1 is 1.44 bits per heavy atom. The van der Waals surface area contributed by atoms with Gasteiger partial charge in [0, 0.05) is 29.0 Å². The Kier molecular flexibility index (Phi) is 5.34. The van der Waals surface area contributed by atoms with E-state index in [-0.39, 0.29) is 0 Å². The molecule has 16 heavy (non-hydrogen) atoms. The van der Waals surface area contributed by atoms with Crippen molar-refractivity contribution < 1.29 is 0 Å². The fraction of sp³-hybridized carbons (Fsp3) is 0.538. The highest BCUT2D eigenvalue weighted by molar-refractivity contribution is 7.99. The van der Waals surface area contributed by atoms with E-state index in [2.05, 4.69) is 37.9 Å². The zero-order valence-corrected chi connectivity index (χ0v) is 10.9. The average molecular weight is 234 g/mol. The Hall–Kier alpha value is -1.01. The van der Waals surface area contributed by atoms with E-state index in [1.807, 2.05) is 24.2 Å². The van der Waals surface area contributed by atoms with Crippen molar-refractivity contribution in [1.29, 1.82) is 5.26 Å². The molecule has 86 valence electrons. The number of thioether (sulfide) groups is 1. The second-order valence-electron chi connectivity index (χ2n) is 4.09. The summed E-state index contributed by atoms with van der Waals surface area (Å²) in [6.07, 6.45) is 5.35. The molecule has 0 amide bonds. The number of hydrogen-bond acceptors (Lipinski definition) is 3. The lowest BCUT2D eigenvalue weighted by Gasteiger charge is -2.12. The molecule has 0 aliphatic rings. The van der Waals surface area contributed by atoms with Crippen molar-refractivity contribution in [1.82, 2.24) is 4.98 Å². The standard InChI is InChI=1S/C13H18N2S/c1-4-11(5-6-14)12-7-13(9-15-8-12)16-10(2)3/h7-11H,4-5H2,1-3H3. The first-order valence-electron chi connectivity index (χ1n) is 5.66. The normalized spacial score (nSPS) is 12.4. The van der Waals surface area contributed by atoms with Crippen LogP contribution in [0.25, 0.3) is 0 Å². The number of pyridine rings is 1. The van der Waals surface area contributed by atoms with Crippen LogP contribution in [-0.4, -0.2) is 10.2 Å². The Morgan fingerprint density at radius 2 is 2.19 bits per heavy atom. The minimum Gasteiger partial charge on any atom is -0.263 e. The van der Waals surface area contributed by atoms with Gasteiger partial charge in [-0.25, -0.2) is 0 Å². The molecule has 0 fully saturated rings. The van der Waals surface area contributed by atoms with Gasteiger partial charge in [-0.3, -0.25) is 4.98 Å². The monoisotopic (exact) mass is 234 g/mol. The number of rotatable bonds is 5. The van der Waals surface area contributed by atoms with Crippen LogP contribution in [0.5, 0.6) is 0 Å². The fourth-order valence-electron chi connectivity index (χ4n) is 1.60. The molecule has 1 heterocycles. The maximum absolute atomic E-state index is 8.77. The highest BCUT2D eigenvalue weighted by Crippen LogP contribution is 2.28. The Labute approximate surface area is 102 Å². The van der Waals surface area contributed by atoms with Crippen molar-refractivity contribution in [3.05, 3.63) is 24.0 Å². The third kappa shape index (κ3) is 3.86. The van der Waals surface area contributed by atoms with Crippen LogP contribution in [0, 0.1) is 11.3 Å². The zero-order chi connectivity index (χ0) is 12.0. The first-order chi connectivity index (χ1) is 7.67. The lowest BCUT2D eigenvalue weighted by molar-refractivity contribution is 0.675. The maximum atomic E-state index is 8.77. The number of nitrogens with zero attached hydrogens (tertiary/aromatic N) is 2. The maximum Gasteiger partial charge on any atom is 0.0628 e. The third-order valence-electron chi connectivity index (χ3n) is 2.41. The van der Waals surface area contributed by atoms with Crippen LogP contribution < -0.4 is 0 Å². The van der Waals surface area contributed by atoms with Crippen LogP contribution in [0.15, 0.2) is 23.4 Å². The summed E-state index contributed by atoms with van der Waals surface area (Å²) < 4.78 is 0. The minimum atomic E-state index is 0.324. The van der Waals surface area contributed by atoms with Gasteiger partial charge in [0.25, 0.3) is 0 Å². The molecule has 0 spiro atoms. The lowest BCUT2D eigenvalue weighted by Crippen LogP contribution is -1.98. The van der Waals surface area contributed by atoms with Crippen molar-refractivity contribution in [3.8, 4) is 6.07 Å². The molecular formula is C13H18N2S. The lowest BCUT2D eigenvalue weighted by atomic mass is 9.95. The van der Waals surface area contributed by atoms with E-state index < -0.39 is 0 Å². The van der Waals surface area contributed by atoms with Gasteiger partial charge in [-0.2, -0.15) is 5.26 Å². The number of aromatic nitrogens is 1. The zero-order valence-electron chi connectivity index (χ0n) is 10.1. The summed E-state index contributed by atoms with van der Waals surface area (Å²) in [5, 5.41) is 9.33. The van der Waals surface area contributed by atoms with Gasteiger partial charge in [0.15, 0.2) is 0 Å². The molecule has 0 aromatic carbocycles. The van der Waals surface area contributed by atoms with Crippen molar-refractivity contribution in [2.45, 2.75) is 49.7 Å². The molecule has 0 saturated carbocycles. The predicted molar refractivity (Wildman–Crippen MR) is 68.5 cm³/mol.